The van der Waals surface area contributed by atoms with E-state index in [0.717, 1.165) is 18.0 Å². The average molecular weight is 190 g/mol. The molecule has 14 heavy (non-hydrogen) atoms. The number of nitrogens with zero attached hydrogens (tertiary/aromatic N) is 2. The van der Waals surface area contributed by atoms with Crippen LogP contribution in [-0.2, 0) is 6.54 Å². The lowest BCUT2D eigenvalue weighted by molar-refractivity contribution is 0.373. The Morgan fingerprint density at radius 3 is 2.36 bits per heavy atom. The normalized spacial score (nSPS) is 10.8. The lowest BCUT2D eigenvalue weighted by Gasteiger charge is -1.96. The van der Waals surface area contributed by atoms with E-state index in [1.165, 1.54) is 11.1 Å². The average Bonchev–Trinajstić information content (AvgIpc) is 2.62. The molecule has 0 saturated heterocycles. The van der Waals surface area contributed by atoms with Crippen molar-refractivity contribution in [3.05, 3.63) is 41.0 Å². The molecule has 0 aromatic carbocycles. The molecule has 2 aromatic rings. The third kappa shape index (κ3) is 1.71. The fraction of sp³-hybridized carbons (Fsp3) is 0.364. The van der Waals surface area contributed by atoms with Crippen LogP contribution in [0.25, 0.3) is 0 Å². The van der Waals surface area contributed by atoms with Crippen molar-refractivity contribution in [2.45, 2.75) is 27.3 Å². The molecule has 0 atom stereocenters. The van der Waals surface area contributed by atoms with Crippen LogP contribution in [0.2, 0.25) is 0 Å². The minimum absolute atomic E-state index is 0.759. The summed E-state index contributed by atoms with van der Waals surface area (Å²) in [6.45, 7) is 6.91. The highest BCUT2D eigenvalue weighted by atomic mass is 16.5. The second-order valence-electron chi connectivity index (χ2n) is 3.73. The first kappa shape index (κ1) is 9.06. The summed E-state index contributed by atoms with van der Waals surface area (Å²) < 4.78 is 7.26. The zero-order valence-corrected chi connectivity index (χ0v) is 8.74. The number of aryl methyl sites for hydroxylation is 3. The predicted molar refractivity (Wildman–Crippen MR) is 54.2 cm³/mol. The summed E-state index contributed by atoms with van der Waals surface area (Å²) in [6, 6.07) is 1.96. The van der Waals surface area contributed by atoms with E-state index in [4.69, 9.17) is 4.52 Å². The van der Waals surface area contributed by atoms with Gasteiger partial charge in [-0.2, -0.15) is 0 Å². The molecule has 2 heterocycles. The first-order chi connectivity index (χ1) is 6.65. The smallest absolute Gasteiger partial charge is 0.156 e. The van der Waals surface area contributed by atoms with Gasteiger partial charge >= 0.3 is 0 Å². The van der Waals surface area contributed by atoms with Crippen LogP contribution >= 0.6 is 0 Å². The summed E-state index contributed by atoms with van der Waals surface area (Å²) in [5, 5.41) is 3.85. The van der Waals surface area contributed by atoms with Crippen molar-refractivity contribution in [2.75, 3.05) is 0 Å². The highest BCUT2D eigenvalue weighted by Crippen LogP contribution is 2.10. The van der Waals surface area contributed by atoms with Gasteiger partial charge in [-0.15, -0.1) is 0 Å². The van der Waals surface area contributed by atoms with Crippen LogP contribution in [0, 0.1) is 20.8 Å². The van der Waals surface area contributed by atoms with Gasteiger partial charge in [0, 0.05) is 18.5 Å². The van der Waals surface area contributed by atoms with E-state index < -0.39 is 0 Å². The number of rotatable bonds is 2. The maximum absolute atomic E-state index is 5.15. The van der Waals surface area contributed by atoms with Crippen molar-refractivity contribution in [3.8, 4) is 0 Å². The number of hydrogen-bond acceptors (Lipinski definition) is 2. The molecule has 2 rings (SSSR count). The minimum Gasteiger partial charge on any atom is -0.359 e. The molecule has 0 aliphatic carbocycles. The van der Waals surface area contributed by atoms with Crippen LogP contribution in [0.4, 0.5) is 0 Å². The Morgan fingerprint density at radius 2 is 1.86 bits per heavy atom. The number of aromatic nitrogens is 2. The Hall–Kier alpha value is -1.51. The van der Waals surface area contributed by atoms with Crippen LogP contribution in [-0.4, -0.2) is 9.72 Å². The predicted octanol–water partition coefficient (Wildman–Crippen LogP) is 2.45. The Bertz CT molecular complexity index is 420. The van der Waals surface area contributed by atoms with Crippen molar-refractivity contribution >= 4 is 0 Å². The molecule has 0 unspecified atom stereocenters. The lowest BCUT2D eigenvalue weighted by atomic mass is 10.2. The molecule has 0 spiro atoms. The Kier molecular flexibility index (Phi) is 2.15. The molecule has 0 bridgehead atoms. The molecule has 0 aliphatic heterocycles. The first-order valence-electron chi connectivity index (χ1n) is 4.70. The van der Waals surface area contributed by atoms with E-state index in [1.807, 2.05) is 13.0 Å². The molecule has 0 amide bonds. The van der Waals surface area contributed by atoms with Crippen LogP contribution in [0.3, 0.4) is 0 Å². The summed E-state index contributed by atoms with van der Waals surface area (Å²) in [7, 11) is 0. The Morgan fingerprint density at radius 1 is 1.21 bits per heavy atom. The molecule has 3 heteroatoms. The second-order valence-corrected chi connectivity index (χ2v) is 3.73. The van der Waals surface area contributed by atoms with Gasteiger partial charge in [-0.1, -0.05) is 5.16 Å². The van der Waals surface area contributed by atoms with Gasteiger partial charge in [0.15, 0.2) is 5.76 Å². The molecule has 0 fully saturated rings. The molecule has 0 N–H and O–H groups in total. The van der Waals surface area contributed by atoms with Crippen molar-refractivity contribution in [3.63, 3.8) is 0 Å². The van der Waals surface area contributed by atoms with Crippen LogP contribution < -0.4 is 0 Å². The summed E-state index contributed by atoms with van der Waals surface area (Å²) in [6.07, 6.45) is 4.24. The van der Waals surface area contributed by atoms with E-state index in [0.29, 0.717) is 0 Å². The molecular formula is C11H14N2O. The van der Waals surface area contributed by atoms with E-state index in [2.05, 4.69) is 36.0 Å². The maximum atomic E-state index is 5.15. The van der Waals surface area contributed by atoms with Crippen LogP contribution in [0.1, 0.15) is 22.6 Å². The summed E-state index contributed by atoms with van der Waals surface area (Å²) >= 11 is 0. The van der Waals surface area contributed by atoms with Crippen LogP contribution in [0.15, 0.2) is 23.0 Å². The van der Waals surface area contributed by atoms with Gasteiger partial charge in [0.2, 0.25) is 0 Å². The van der Waals surface area contributed by atoms with Gasteiger partial charge in [-0.25, -0.2) is 0 Å². The standard InChI is InChI=1S/C11H14N2O/c1-8-5-13(6-9(8)2)7-11-4-10(3)12-14-11/h4-6H,7H2,1-3H3. The zero-order valence-electron chi connectivity index (χ0n) is 8.74. The summed E-state index contributed by atoms with van der Waals surface area (Å²) in [5.41, 5.74) is 3.54. The molecule has 74 valence electrons. The highest BCUT2D eigenvalue weighted by molar-refractivity contribution is 5.21. The Labute approximate surface area is 83.3 Å². The van der Waals surface area contributed by atoms with Crippen molar-refractivity contribution in [2.24, 2.45) is 0 Å². The third-order valence-corrected chi connectivity index (χ3v) is 2.36. The lowest BCUT2D eigenvalue weighted by Crippen LogP contribution is -1.94. The van der Waals surface area contributed by atoms with Gasteiger partial charge in [-0.05, 0) is 31.9 Å². The van der Waals surface area contributed by atoms with Crippen molar-refractivity contribution < 1.29 is 4.52 Å². The van der Waals surface area contributed by atoms with Crippen molar-refractivity contribution in [1.82, 2.24) is 9.72 Å². The quantitative estimate of drug-likeness (QED) is 0.728. The van der Waals surface area contributed by atoms with Crippen LogP contribution in [0.5, 0.6) is 0 Å². The molecule has 0 radical (unpaired) electrons. The zero-order chi connectivity index (χ0) is 10.1. The van der Waals surface area contributed by atoms with Gasteiger partial charge < -0.3 is 9.09 Å². The second kappa shape index (κ2) is 3.33. The van der Waals surface area contributed by atoms with E-state index in [-0.39, 0.29) is 0 Å². The number of hydrogen-bond donors (Lipinski definition) is 0. The van der Waals surface area contributed by atoms with E-state index in [1.54, 1.807) is 0 Å². The topological polar surface area (TPSA) is 31.0 Å². The molecule has 0 aliphatic rings. The maximum Gasteiger partial charge on any atom is 0.156 e. The summed E-state index contributed by atoms with van der Waals surface area (Å²) in [5.74, 6) is 0.900. The summed E-state index contributed by atoms with van der Waals surface area (Å²) in [4.78, 5) is 0. The monoisotopic (exact) mass is 190 g/mol. The fourth-order valence-electron chi connectivity index (χ4n) is 1.50. The SMILES string of the molecule is Cc1cc(Cn2cc(C)c(C)c2)on1. The molecule has 2 aromatic heterocycles. The largest absolute Gasteiger partial charge is 0.359 e. The van der Waals surface area contributed by atoms with Gasteiger partial charge in [0.05, 0.1) is 12.2 Å². The first-order valence-corrected chi connectivity index (χ1v) is 4.70. The molecular weight excluding hydrogens is 176 g/mol. The van der Waals surface area contributed by atoms with E-state index >= 15 is 0 Å². The fourth-order valence-corrected chi connectivity index (χ4v) is 1.50. The van der Waals surface area contributed by atoms with Gasteiger partial charge in [0.1, 0.15) is 0 Å². The highest BCUT2D eigenvalue weighted by Gasteiger charge is 2.03. The Balaban J connectivity index is 2.18. The van der Waals surface area contributed by atoms with E-state index in [9.17, 15) is 0 Å². The van der Waals surface area contributed by atoms with Gasteiger partial charge in [0.25, 0.3) is 0 Å². The van der Waals surface area contributed by atoms with Crippen molar-refractivity contribution in [1.29, 1.82) is 0 Å². The molecule has 0 saturated carbocycles. The van der Waals surface area contributed by atoms with Gasteiger partial charge in [-0.3, -0.25) is 0 Å². The minimum atomic E-state index is 0.759. The molecule has 3 nitrogen and oxygen atoms in total. The third-order valence-electron chi connectivity index (χ3n) is 2.36.